The second-order valence-corrected chi connectivity index (χ2v) is 12.1. The Bertz CT molecular complexity index is 2220. The number of rotatable bonds is 13. The van der Waals surface area contributed by atoms with Crippen molar-refractivity contribution in [1.29, 1.82) is 0 Å². The molecule has 7 nitrogen and oxygen atoms in total. The van der Waals surface area contributed by atoms with Gasteiger partial charge >= 0.3 is 0 Å². The smallest absolute Gasteiger partial charge is 0.203 e. The number of benzene rings is 6. The van der Waals surface area contributed by atoms with E-state index >= 15 is 0 Å². The van der Waals surface area contributed by atoms with E-state index in [1.54, 1.807) is 25.1 Å². The van der Waals surface area contributed by atoms with Gasteiger partial charge in [-0.2, -0.15) is 0 Å². The molecule has 6 aromatic carbocycles. The lowest BCUT2D eigenvalue weighted by Gasteiger charge is -2.19. The Labute approximate surface area is 295 Å². The van der Waals surface area contributed by atoms with Crippen molar-refractivity contribution in [2.75, 3.05) is 0 Å². The average molecular weight is 677 g/mol. The highest BCUT2D eigenvalue weighted by molar-refractivity contribution is 5.87. The molecule has 0 aliphatic heterocycles. The third-order valence-corrected chi connectivity index (χ3v) is 8.41. The predicted molar refractivity (Wildman–Crippen MR) is 197 cm³/mol. The summed E-state index contributed by atoms with van der Waals surface area (Å²) < 4.78 is 31.8. The minimum atomic E-state index is -0.360. The van der Waals surface area contributed by atoms with Crippen molar-refractivity contribution in [1.82, 2.24) is 0 Å². The molecule has 1 heterocycles. The maximum atomic E-state index is 13.8. The second-order valence-electron chi connectivity index (χ2n) is 12.1. The summed E-state index contributed by atoms with van der Waals surface area (Å²) in [6, 6.07) is 45.9. The van der Waals surface area contributed by atoms with Gasteiger partial charge in [-0.15, -0.1) is 0 Å². The van der Waals surface area contributed by atoms with Crippen LogP contribution in [0.3, 0.4) is 0 Å². The lowest BCUT2D eigenvalue weighted by Crippen LogP contribution is -2.09. The summed E-state index contributed by atoms with van der Waals surface area (Å²) in [4.78, 5) is 13.8. The van der Waals surface area contributed by atoms with Crippen LogP contribution in [0.2, 0.25) is 0 Å². The van der Waals surface area contributed by atoms with Gasteiger partial charge in [0.25, 0.3) is 0 Å². The molecule has 1 aromatic heterocycles. The van der Waals surface area contributed by atoms with E-state index in [1.165, 1.54) is 6.07 Å². The lowest BCUT2D eigenvalue weighted by molar-refractivity contribution is 0.230. The number of hydrogen-bond acceptors (Lipinski definition) is 7. The molecule has 0 saturated heterocycles. The molecule has 0 fully saturated rings. The maximum absolute atomic E-state index is 13.8. The van der Waals surface area contributed by atoms with Crippen molar-refractivity contribution < 1.29 is 28.5 Å². The van der Waals surface area contributed by atoms with Crippen LogP contribution in [0, 0.1) is 6.92 Å². The number of hydrogen-bond donors (Lipinski definition) is 1. The maximum Gasteiger partial charge on any atom is 0.203 e. The molecule has 1 N–H and O–H groups in total. The van der Waals surface area contributed by atoms with Gasteiger partial charge in [-0.25, -0.2) is 0 Å². The van der Waals surface area contributed by atoms with Crippen LogP contribution in [0.5, 0.6) is 28.7 Å². The molecule has 254 valence electrons. The summed E-state index contributed by atoms with van der Waals surface area (Å²) in [6.45, 7) is 2.76. The lowest BCUT2D eigenvalue weighted by atomic mass is 10.0. The molecule has 7 rings (SSSR count). The highest BCUT2D eigenvalue weighted by atomic mass is 16.5. The van der Waals surface area contributed by atoms with E-state index in [0.29, 0.717) is 39.9 Å². The molecule has 0 radical (unpaired) electrons. The molecule has 0 amide bonds. The van der Waals surface area contributed by atoms with E-state index < -0.39 is 0 Å². The van der Waals surface area contributed by atoms with Gasteiger partial charge in [-0.1, -0.05) is 121 Å². The van der Waals surface area contributed by atoms with Gasteiger partial charge in [0, 0.05) is 23.3 Å². The van der Waals surface area contributed by atoms with Crippen molar-refractivity contribution >= 4 is 11.0 Å². The molecule has 0 bridgehead atoms. The first-order valence-corrected chi connectivity index (χ1v) is 16.7. The van der Waals surface area contributed by atoms with Gasteiger partial charge in [0.2, 0.25) is 5.75 Å². The van der Waals surface area contributed by atoms with E-state index in [-0.39, 0.29) is 48.6 Å². The summed E-state index contributed by atoms with van der Waals surface area (Å²) in [5.74, 6) is 1.70. The first-order valence-electron chi connectivity index (χ1n) is 16.7. The monoisotopic (exact) mass is 676 g/mol. The third-order valence-electron chi connectivity index (χ3n) is 8.41. The van der Waals surface area contributed by atoms with Crippen LogP contribution in [0.1, 0.15) is 27.8 Å². The van der Waals surface area contributed by atoms with Crippen LogP contribution in [-0.4, -0.2) is 5.11 Å². The van der Waals surface area contributed by atoms with Gasteiger partial charge in [-0.3, -0.25) is 4.79 Å². The molecule has 51 heavy (non-hydrogen) atoms. The predicted octanol–water partition coefficient (Wildman–Crippen LogP) is 9.79. The molecule has 7 aromatic rings. The fraction of sp³-hybridized carbons (Fsp3) is 0.114. The zero-order valence-electron chi connectivity index (χ0n) is 28.1. The fourth-order valence-corrected chi connectivity index (χ4v) is 5.73. The van der Waals surface area contributed by atoms with Crippen LogP contribution >= 0.6 is 0 Å². The number of phenols is 1. The zero-order chi connectivity index (χ0) is 35.0. The Morgan fingerprint density at radius 1 is 0.549 bits per heavy atom. The van der Waals surface area contributed by atoms with Gasteiger partial charge in [0.15, 0.2) is 16.9 Å². The van der Waals surface area contributed by atoms with Crippen molar-refractivity contribution in [3.8, 4) is 40.1 Å². The highest BCUT2D eigenvalue weighted by Crippen LogP contribution is 2.44. The summed E-state index contributed by atoms with van der Waals surface area (Å²) in [5.41, 5.74) is 4.56. The first kappa shape index (κ1) is 33.0. The zero-order valence-corrected chi connectivity index (χ0v) is 28.1. The number of ether oxygens (including phenoxy) is 4. The number of fused-ring (bicyclic) bond motifs is 1. The topological polar surface area (TPSA) is 87.4 Å². The number of phenolic OH excluding ortho intramolecular Hbond substituents is 1. The summed E-state index contributed by atoms with van der Waals surface area (Å²) in [5, 5.41) is 11.0. The average Bonchev–Trinajstić information content (AvgIpc) is 3.17. The van der Waals surface area contributed by atoms with Crippen LogP contribution in [0.4, 0.5) is 0 Å². The molecular weight excluding hydrogens is 640 g/mol. The Hall–Kier alpha value is -6.47. The van der Waals surface area contributed by atoms with E-state index in [0.717, 1.165) is 22.3 Å². The normalized spacial score (nSPS) is 10.9. The molecule has 0 aliphatic carbocycles. The Morgan fingerprint density at radius 3 is 1.45 bits per heavy atom. The van der Waals surface area contributed by atoms with E-state index in [1.807, 2.05) is 121 Å². The summed E-state index contributed by atoms with van der Waals surface area (Å²) >= 11 is 0. The third kappa shape index (κ3) is 7.89. The highest BCUT2D eigenvalue weighted by Gasteiger charge is 2.22. The minimum Gasteiger partial charge on any atom is -0.507 e. The Morgan fingerprint density at radius 2 is 0.980 bits per heavy atom. The van der Waals surface area contributed by atoms with E-state index in [2.05, 4.69) is 0 Å². The molecule has 0 spiro atoms. The molecule has 0 atom stereocenters. The van der Waals surface area contributed by atoms with Crippen LogP contribution in [-0.2, 0) is 26.4 Å². The number of aromatic hydroxyl groups is 1. The van der Waals surface area contributed by atoms with Gasteiger partial charge in [0.05, 0.1) is 0 Å². The summed E-state index contributed by atoms with van der Waals surface area (Å²) in [6.07, 6.45) is 0. The van der Waals surface area contributed by atoms with Crippen molar-refractivity contribution in [2.45, 2.75) is 33.4 Å². The Kier molecular flexibility index (Phi) is 9.97. The van der Waals surface area contributed by atoms with Crippen molar-refractivity contribution in [2.24, 2.45) is 0 Å². The SMILES string of the molecule is Cc1c(-c2cc(OCc3ccccc3)c(OCc3ccccc3)c(OCc3ccccc3)c2)oc2cc(OCc3ccccc3)cc(O)c2c1=O. The van der Waals surface area contributed by atoms with Crippen molar-refractivity contribution in [3.05, 3.63) is 184 Å². The largest absolute Gasteiger partial charge is 0.507 e. The van der Waals surface area contributed by atoms with Crippen molar-refractivity contribution in [3.63, 3.8) is 0 Å². The van der Waals surface area contributed by atoms with Gasteiger partial charge in [-0.05, 0) is 41.3 Å². The molecule has 7 heteroatoms. The molecular formula is C44H36O7. The van der Waals surface area contributed by atoms with E-state index in [4.69, 9.17) is 23.4 Å². The van der Waals surface area contributed by atoms with Gasteiger partial charge < -0.3 is 28.5 Å². The van der Waals surface area contributed by atoms with Gasteiger partial charge in [0.1, 0.15) is 54.7 Å². The van der Waals surface area contributed by atoms with Crippen LogP contribution in [0.15, 0.2) is 155 Å². The quantitative estimate of drug-likeness (QED) is 0.130. The standard InChI is InChI=1S/C44H36O7/c1-30-42(46)41-37(45)24-36(47-26-31-14-6-2-7-15-31)25-38(41)51-43(30)35-22-39(48-27-32-16-8-3-9-17-32)44(50-29-34-20-12-5-13-21-34)40(23-35)49-28-33-18-10-4-11-19-33/h2-25,45H,26-29H2,1H3. The molecule has 0 aliphatic rings. The second kappa shape index (κ2) is 15.4. The first-order chi connectivity index (χ1) is 25.0. The molecule has 0 saturated carbocycles. The van der Waals surface area contributed by atoms with E-state index in [9.17, 15) is 9.90 Å². The Balaban J connectivity index is 1.32. The minimum absolute atomic E-state index is 0.0761. The summed E-state index contributed by atoms with van der Waals surface area (Å²) in [7, 11) is 0. The fourth-order valence-electron chi connectivity index (χ4n) is 5.73. The van der Waals surface area contributed by atoms with Crippen LogP contribution < -0.4 is 24.4 Å². The molecule has 0 unspecified atom stereocenters. The van der Waals surface area contributed by atoms with Crippen LogP contribution in [0.25, 0.3) is 22.3 Å².